The first-order valence-electron chi connectivity index (χ1n) is 5.96. The third-order valence-corrected chi connectivity index (χ3v) is 3.25. The Labute approximate surface area is 125 Å². The highest BCUT2D eigenvalue weighted by molar-refractivity contribution is 14.1. The molecular formula is C12H16IN5O. The molecule has 2 aromatic rings. The van der Waals surface area contributed by atoms with Crippen LogP contribution in [0.25, 0.3) is 0 Å². The average molecular weight is 373 g/mol. The SMILES string of the molecule is COCCCn1ncc(Nc2ncc(I)cn2)c1C. The molecule has 1 N–H and O–H groups in total. The number of aromatic nitrogens is 4. The predicted octanol–water partition coefficient (Wildman–Crippen LogP) is 2.37. The van der Waals surface area contributed by atoms with Crippen molar-refractivity contribution in [1.82, 2.24) is 19.7 Å². The molecule has 2 rings (SSSR count). The Kier molecular flexibility index (Phi) is 5.08. The highest BCUT2D eigenvalue weighted by Gasteiger charge is 2.07. The van der Waals surface area contributed by atoms with Crippen molar-refractivity contribution in [2.75, 3.05) is 19.0 Å². The van der Waals surface area contributed by atoms with Crippen molar-refractivity contribution in [2.45, 2.75) is 19.9 Å². The number of rotatable bonds is 6. The predicted molar refractivity (Wildman–Crippen MR) is 81.5 cm³/mol. The van der Waals surface area contributed by atoms with E-state index in [0.717, 1.165) is 34.5 Å². The molecule has 19 heavy (non-hydrogen) atoms. The van der Waals surface area contributed by atoms with Gasteiger partial charge >= 0.3 is 0 Å². The molecule has 102 valence electrons. The number of nitrogens with zero attached hydrogens (tertiary/aromatic N) is 4. The van der Waals surface area contributed by atoms with Crippen molar-refractivity contribution in [3.8, 4) is 0 Å². The molecule has 0 amide bonds. The molecule has 0 aliphatic heterocycles. The lowest BCUT2D eigenvalue weighted by molar-refractivity contribution is 0.189. The van der Waals surface area contributed by atoms with E-state index < -0.39 is 0 Å². The molecule has 0 spiro atoms. The normalized spacial score (nSPS) is 10.7. The fourth-order valence-corrected chi connectivity index (χ4v) is 1.93. The molecule has 0 radical (unpaired) electrons. The highest BCUT2D eigenvalue weighted by Crippen LogP contribution is 2.17. The van der Waals surface area contributed by atoms with Crippen LogP contribution in [0.3, 0.4) is 0 Å². The van der Waals surface area contributed by atoms with E-state index in [1.165, 1.54) is 0 Å². The number of anilines is 2. The van der Waals surface area contributed by atoms with E-state index in [1.807, 2.05) is 11.6 Å². The summed E-state index contributed by atoms with van der Waals surface area (Å²) in [5, 5.41) is 7.51. The van der Waals surface area contributed by atoms with Gasteiger partial charge in [-0.25, -0.2) is 9.97 Å². The zero-order valence-corrected chi connectivity index (χ0v) is 13.1. The summed E-state index contributed by atoms with van der Waals surface area (Å²) in [6.45, 7) is 3.60. The summed E-state index contributed by atoms with van der Waals surface area (Å²) in [5.41, 5.74) is 2.00. The number of methoxy groups -OCH3 is 1. The first-order valence-corrected chi connectivity index (χ1v) is 7.04. The van der Waals surface area contributed by atoms with Crippen molar-refractivity contribution in [3.63, 3.8) is 0 Å². The van der Waals surface area contributed by atoms with Gasteiger partial charge in [0.15, 0.2) is 0 Å². The average Bonchev–Trinajstić information content (AvgIpc) is 2.75. The topological polar surface area (TPSA) is 64.9 Å². The summed E-state index contributed by atoms with van der Waals surface area (Å²) in [5.74, 6) is 0.583. The minimum absolute atomic E-state index is 0.583. The minimum Gasteiger partial charge on any atom is -0.385 e. The van der Waals surface area contributed by atoms with Crippen LogP contribution in [0, 0.1) is 10.5 Å². The molecular weight excluding hydrogens is 357 g/mol. The Hall–Kier alpha value is -1.22. The zero-order valence-electron chi connectivity index (χ0n) is 10.9. The van der Waals surface area contributed by atoms with E-state index in [1.54, 1.807) is 25.7 Å². The molecule has 0 fully saturated rings. The maximum atomic E-state index is 5.04. The smallest absolute Gasteiger partial charge is 0.227 e. The Bertz CT molecular complexity index is 525. The fraction of sp³-hybridized carbons (Fsp3) is 0.417. The molecule has 0 aromatic carbocycles. The van der Waals surface area contributed by atoms with Crippen molar-refractivity contribution in [2.24, 2.45) is 0 Å². The third kappa shape index (κ3) is 3.87. The van der Waals surface area contributed by atoms with Crippen LogP contribution in [0.5, 0.6) is 0 Å². The lowest BCUT2D eigenvalue weighted by Crippen LogP contribution is -2.05. The second-order valence-corrected chi connectivity index (χ2v) is 5.31. The second kappa shape index (κ2) is 6.80. The lowest BCUT2D eigenvalue weighted by Gasteiger charge is -2.06. The highest BCUT2D eigenvalue weighted by atomic mass is 127. The van der Waals surface area contributed by atoms with Crippen LogP contribution in [-0.4, -0.2) is 33.5 Å². The molecule has 2 aromatic heterocycles. The summed E-state index contributed by atoms with van der Waals surface area (Å²) in [7, 11) is 1.71. The summed E-state index contributed by atoms with van der Waals surface area (Å²) < 4.78 is 8.00. The van der Waals surface area contributed by atoms with Crippen LogP contribution >= 0.6 is 22.6 Å². The van der Waals surface area contributed by atoms with Crippen LogP contribution in [-0.2, 0) is 11.3 Å². The van der Waals surface area contributed by atoms with Crippen LogP contribution in [0.2, 0.25) is 0 Å². The van der Waals surface area contributed by atoms with Gasteiger partial charge in [-0.2, -0.15) is 5.10 Å². The number of aryl methyl sites for hydroxylation is 1. The monoisotopic (exact) mass is 373 g/mol. The van der Waals surface area contributed by atoms with E-state index in [-0.39, 0.29) is 0 Å². The Morgan fingerprint density at radius 3 is 2.74 bits per heavy atom. The van der Waals surface area contributed by atoms with Gasteiger partial charge in [-0.3, -0.25) is 4.68 Å². The van der Waals surface area contributed by atoms with Crippen LogP contribution < -0.4 is 5.32 Å². The largest absolute Gasteiger partial charge is 0.385 e. The molecule has 2 heterocycles. The van der Waals surface area contributed by atoms with E-state index in [4.69, 9.17) is 4.74 Å². The molecule has 0 saturated heterocycles. The van der Waals surface area contributed by atoms with E-state index in [0.29, 0.717) is 5.95 Å². The Balaban J connectivity index is 2.03. The molecule has 0 saturated carbocycles. The quantitative estimate of drug-likeness (QED) is 0.622. The summed E-state index contributed by atoms with van der Waals surface area (Å²) in [4.78, 5) is 8.43. The molecule has 7 heteroatoms. The van der Waals surface area contributed by atoms with Crippen molar-refractivity contribution >= 4 is 34.2 Å². The zero-order chi connectivity index (χ0) is 13.7. The summed E-state index contributed by atoms with van der Waals surface area (Å²) in [6, 6.07) is 0. The van der Waals surface area contributed by atoms with Crippen molar-refractivity contribution < 1.29 is 4.74 Å². The number of halogens is 1. The fourth-order valence-electron chi connectivity index (χ4n) is 1.65. The van der Waals surface area contributed by atoms with E-state index >= 15 is 0 Å². The maximum absolute atomic E-state index is 5.04. The summed E-state index contributed by atoms with van der Waals surface area (Å²) in [6.07, 6.45) is 6.28. The van der Waals surface area contributed by atoms with Gasteiger partial charge in [-0.15, -0.1) is 0 Å². The van der Waals surface area contributed by atoms with E-state index in [2.05, 4.69) is 43.0 Å². The Morgan fingerprint density at radius 2 is 2.05 bits per heavy atom. The van der Waals surface area contributed by atoms with Gasteiger partial charge in [-0.1, -0.05) is 0 Å². The molecule has 0 atom stereocenters. The first-order chi connectivity index (χ1) is 9.20. The number of hydrogen-bond acceptors (Lipinski definition) is 5. The number of ether oxygens (including phenoxy) is 1. The minimum atomic E-state index is 0.583. The van der Waals surface area contributed by atoms with Gasteiger partial charge in [0, 0.05) is 36.2 Å². The van der Waals surface area contributed by atoms with Crippen LogP contribution in [0.15, 0.2) is 18.6 Å². The van der Waals surface area contributed by atoms with Crippen molar-refractivity contribution in [1.29, 1.82) is 0 Å². The summed E-state index contributed by atoms with van der Waals surface area (Å²) >= 11 is 2.18. The standard InChI is InChI=1S/C12H16IN5O/c1-9-11(8-16-18(9)4-3-5-19-2)17-12-14-6-10(13)7-15-12/h6-8H,3-5H2,1-2H3,(H,14,15,17). The van der Waals surface area contributed by atoms with E-state index in [9.17, 15) is 0 Å². The number of nitrogens with one attached hydrogen (secondary N) is 1. The van der Waals surface area contributed by atoms with Gasteiger partial charge in [0.25, 0.3) is 0 Å². The number of hydrogen-bond donors (Lipinski definition) is 1. The molecule has 0 aliphatic carbocycles. The molecule has 6 nitrogen and oxygen atoms in total. The van der Waals surface area contributed by atoms with Gasteiger partial charge in [0.1, 0.15) is 0 Å². The van der Waals surface area contributed by atoms with Gasteiger partial charge in [0.05, 0.1) is 17.6 Å². The van der Waals surface area contributed by atoms with Crippen LogP contribution in [0.1, 0.15) is 12.1 Å². The van der Waals surface area contributed by atoms with Gasteiger partial charge in [-0.05, 0) is 35.9 Å². The van der Waals surface area contributed by atoms with Gasteiger partial charge < -0.3 is 10.1 Å². The molecule has 0 bridgehead atoms. The third-order valence-electron chi connectivity index (χ3n) is 2.69. The van der Waals surface area contributed by atoms with Crippen molar-refractivity contribution in [3.05, 3.63) is 27.9 Å². The lowest BCUT2D eigenvalue weighted by atomic mass is 10.4. The second-order valence-electron chi connectivity index (χ2n) is 4.06. The Morgan fingerprint density at radius 1 is 1.32 bits per heavy atom. The first kappa shape index (κ1) is 14.2. The maximum Gasteiger partial charge on any atom is 0.227 e. The van der Waals surface area contributed by atoms with Gasteiger partial charge in [0.2, 0.25) is 5.95 Å². The van der Waals surface area contributed by atoms with Crippen LogP contribution in [0.4, 0.5) is 11.6 Å². The molecule has 0 unspecified atom stereocenters. The molecule has 0 aliphatic rings.